The van der Waals surface area contributed by atoms with Gasteiger partial charge in [-0.1, -0.05) is 31.1 Å². The molecule has 2 heteroatoms. The maximum atomic E-state index is 5.62. The molecule has 17 heavy (non-hydrogen) atoms. The van der Waals surface area contributed by atoms with Crippen molar-refractivity contribution in [3.63, 3.8) is 0 Å². The highest BCUT2D eigenvalue weighted by atomic mass is 16.5. The van der Waals surface area contributed by atoms with E-state index in [-0.39, 0.29) is 6.10 Å². The van der Waals surface area contributed by atoms with Crippen molar-refractivity contribution < 1.29 is 9.47 Å². The molecular weight excluding hydrogens is 212 g/mol. The van der Waals surface area contributed by atoms with Gasteiger partial charge in [0.2, 0.25) is 0 Å². The average Bonchev–Trinajstić information content (AvgIpc) is 2.39. The molecule has 0 spiro atoms. The Balaban J connectivity index is 2.62. The molecule has 0 heterocycles. The summed E-state index contributed by atoms with van der Waals surface area (Å²) in [4.78, 5) is 0. The van der Waals surface area contributed by atoms with Crippen LogP contribution < -0.4 is 4.74 Å². The molecule has 0 aliphatic heterocycles. The lowest BCUT2D eigenvalue weighted by molar-refractivity contribution is 0.114. The summed E-state index contributed by atoms with van der Waals surface area (Å²) in [6, 6.07) is 7.76. The Labute approximate surface area is 103 Å². The van der Waals surface area contributed by atoms with E-state index in [0.29, 0.717) is 6.61 Å². The Hall–Kier alpha value is -1.72. The van der Waals surface area contributed by atoms with Crippen molar-refractivity contribution in [3.8, 4) is 17.6 Å². The minimum absolute atomic E-state index is 0.118. The zero-order valence-corrected chi connectivity index (χ0v) is 10.4. The topological polar surface area (TPSA) is 18.5 Å². The van der Waals surface area contributed by atoms with E-state index >= 15 is 0 Å². The first-order valence-corrected chi connectivity index (χ1v) is 5.65. The quantitative estimate of drug-likeness (QED) is 0.570. The fourth-order valence-electron chi connectivity index (χ4n) is 1.40. The number of benzene rings is 1. The highest BCUT2D eigenvalue weighted by Crippen LogP contribution is 2.21. The van der Waals surface area contributed by atoms with E-state index in [2.05, 4.69) is 18.4 Å². The molecule has 0 amide bonds. The molecule has 1 rings (SSSR count). The number of hydrogen-bond acceptors (Lipinski definition) is 2. The van der Waals surface area contributed by atoms with Crippen LogP contribution in [-0.2, 0) is 4.74 Å². The molecule has 1 atom stereocenters. The molecular formula is C15H18O2. The fraction of sp³-hybridized carbons (Fsp3) is 0.333. The van der Waals surface area contributed by atoms with Gasteiger partial charge in [0.1, 0.15) is 18.5 Å². The fourth-order valence-corrected chi connectivity index (χ4v) is 1.40. The predicted octanol–water partition coefficient (Wildman–Crippen LogP) is 3.35. The smallest absolute Gasteiger partial charge is 0.118 e. The van der Waals surface area contributed by atoms with Crippen molar-refractivity contribution in [2.75, 3.05) is 13.7 Å². The zero-order valence-electron chi connectivity index (χ0n) is 10.4. The molecule has 0 bridgehead atoms. The van der Waals surface area contributed by atoms with Crippen LogP contribution in [0.1, 0.15) is 25.0 Å². The zero-order chi connectivity index (χ0) is 12.5. The molecule has 0 saturated heterocycles. The Morgan fingerprint density at radius 2 is 2.00 bits per heavy atom. The normalized spacial score (nSPS) is 11.2. The summed E-state index contributed by atoms with van der Waals surface area (Å²) in [6.07, 6.45) is 2.51. The largest absolute Gasteiger partial charge is 0.497 e. The van der Waals surface area contributed by atoms with Gasteiger partial charge in [0.25, 0.3) is 0 Å². The molecule has 0 aromatic heterocycles. The molecule has 0 saturated carbocycles. The Morgan fingerprint density at radius 1 is 1.29 bits per heavy atom. The average molecular weight is 230 g/mol. The van der Waals surface area contributed by atoms with Gasteiger partial charge in [-0.2, -0.15) is 0 Å². The standard InChI is InChI=1S/C15H18O2/c1-4-6-7-12-17-15(5-2)13-8-10-14(16-3)11-9-13/h5,8-11,15H,2,4,12H2,1,3H3. The third-order valence-corrected chi connectivity index (χ3v) is 2.30. The maximum Gasteiger partial charge on any atom is 0.118 e. The number of rotatable bonds is 5. The Morgan fingerprint density at radius 3 is 2.53 bits per heavy atom. The van der Waals surface area contributed by atoms with E-state index in [1.807, 2.05) is 31.2 Å². The van der Waals surface area contributed by atoms with Crippen LogP contribution in [0, 0.1) is 11.8 Å². The molecule has 0 fully saturated rings. The summed E-state index contributed by atoms with van der Waals surface area (Å²) in [6.45, 7) is 6.22. The SMILES string of the molecule is C=CC(OCC#CCC)c1ccc(OC)cc1. The van der Waals surface area contributed by atoms with Crippen LogP contribution in [0.3, 0.4) is 0 Å². The van der Waals surface area contributed by atoms with E-state index in [1.165, 1.54) is 0 Å². The molecule has 0 aliphatic rings. The molecule has 1 aromatic rings. The second-order valence-corrected chi connectivity index (χ2v) is 3.45. The first-order chi connectivity index (χ1) is 8.31. The minimum atomic E-state index is -0.118. The highest BCUT2D eigenvalue weighted by Gasteiger charge is 2.06. The maximum absolute atomic E-state index is 5.62. The van der Waals surface area contributed by atoms with Gasteiger partial charge in [-0.15, -0.1) is 12.5 Å². The summed E-state index contributed by atoms with van der Waals surface area (Å²) in [5.74, 6) is 6.75. The number of ether oxygens (including phenoxy) is 2. The van der Waals surface area contributed by atoms with Crippen molar-refractivity contribution >= 4 is 0 Å². The van der Waals surface area contributed by atoms with Crippen LogP contribution in [0.5, 0.6) is 5.75 Å². The number of methoxy groups -OCH3 is 1. The van der Waals surface area contributed by atoms with Crippen LogP contribution >= 0.6 is 0 Å². The lowest BCUT2D eigenvalue weighted by Gasteiger charge is -2.12. The van der Waals surface area contributed by atoms with Gasteiger partial charge in [0.05, 0.1) is 7.11 Å². The minimum Gasteiger partial charge on any atom is -0.497 e. The Kier molecular flexibility index (Phi) is 5.92. The second kappa shape index (κ2) is 7.54. The summed E-state index contributed by atoms with van der Waals surface area (Å²) in [5, 5.41) is 0. The second-order valence-electron chi connectivity index (χ2n) is 3.45. The van der Waals surface area contributed by atoms with E-state index in [9.17, 15) is 0 Å². The first-order valence-electron chi connectivity index (χ1n) is 5.65. The van der Waals surface area contributed by atoms with Crippen molar-refractivity contribution in [2.24, 2.45) is 0 Å². The van der Waals surface area contributed by atoms with Gasteiger partial charge < -0.3 is 9.47 Å². The first kappa shape index (κ1) is 13.3. The van der Waals surface area contributed by atoms with Crippen molar-refractivity contribution in [1.82, 2.24) is 0 Å². The van der Waals surface area contributed by atoms with E-state index in [4.69, 9.17) is 9.47 Å². The van der Waals surface area contributed by atoms with Crippen LogP contribution in [0.25, 0.3) is 0 Å². The third-order valence-electron chi connectivity index (χ3n) is 2.30. The van der Waals surface area contributed by atoms with Crippen LogP contribution in [-0.4, -0.2) is 13.7 Å². The van der Waals surface area contributed by atoms with Crippen LogP contribution in [0.15, 0.2) is 36.9 Å². The molecule has 0 aliphatic carbocycles. The lowest BCUT2D eigenvalue weighted by atomic mass is 10.1. The molecule has 0 radical (unpaired) electrons. The van der Waals surface area contributed by atoms with Crippen LogP contribution in [0.4, 0.5) is 0 Å². The van der Waals surface area contributed by atoms with Gasteiger partial charge >= 0.3 is 0 Å². The molecule has 2 nitrogen and oxygen atoms in total. The van der Waals surface area contributed by atoms with Crippen molar-refractivity contribution in [3.05, 3.63) is 42.5 Å². The molecule has 90 valence electrons. The van der Waals surface area contributed by atoms with Gasteiger partial charge in [0, 0.05) is 6.42 Å². The molecule has 0 N–H and O–H groups in total. The number of hydrogen-bond donors (Lipinski definition) is 0. The summed E-state index contributed by atoms with van der Waals surface area (Å²) in [7, 11) is 1.65. The van der Waals surface area contributed by atoms with Gasteiger partial charge in [-0.3, -0.25) is 0 Å². The third kappa shape index (κ3) is 4.34. The van der Waals surface area contributed by atoms with Gasteiger partial charge in [-0.05, 0) is 17.7 Å². The molecule has 1 aromatic carbocycles. The summed E-state index contributed by atoms with van der Waals surface area (Å²) >= 11 is 0. The highest BCUT2D eigenvalue weighted by molar-refractivity contribution is 5.30. The Bertz CT molecular complexity index is 395. The summed E-state index contributed by atoms with van der Waals surface area (Å²) in [5.41, 5.74) is 1.05. The predicted molar refractivity (Wildman–Crippen MR) is 70.0 cm³/mol. The van der Waals surface area contributed by atoms with Gasteiger partial charge in [0.15, 0.2) is 0 Å². The lowest BCUT2D eigenvalue weighted by Crippen LogP contribution is -2.01. The van der Waals surface area contributed by atoms with E-state index in [1.54, 1.807) is 13.2 Å². The van der Waals surface area contributed by atoms with Crippen molar-refractivity contribution in [2.45, 2.75) is 19.4 Å². The van der Waals surface area contributed by atoms with E-state index in [0.717, 1.165) is 17.7 Å². The van der Waals surface area contributed by atoms with E-state index < -0.39 is 0 Å². The molecule has 1 unspecified atom stereocenters. The van der Waals surface area contributed by atoms with Crippen molar-refractivity contribution in [1.29, 1.82) is 0 Å². The summed E-state index contributed by atoms with van der Waals surface area (Å²) < 4.78 is 10.7. The van der Waals surface area contributed by atoms with Crippen LogP contribution in [0.2, 0.25) is 0 Å². The van der Waals surface area contributed by atoms with Gasteiger partial charge in [-0.25, -0.2) is 0 Å². The monoisotopic (exact) mass is 230 g/mol.